The molecule has 3 heterocycles. The van der Waals surface area contributed by atoms with Gasteiger partial charge in [-0.25, -0.2) is 4.98 Å². The first-order chi connectivity index (χ1) is 16.6. The second kappa shape index (κ2) is 7.92. The van der Waals surface area contributed by atoms with E-state index in [0.29, 0.717) is 22.9 Å². The highest BCUT2D eigenvalue weighted by Gasteiger charge is 2.28. The van der Waals surface area contributed by atoms with Crippen molar-refractivity contribution in [1.82, 2.24) is 19.7 Å². The first-order valence-electron chi connectivity index (χ1n) is 11.4. The molecule has 0 radical (unpaired) electrons. The molecule has 7 heteroatoms. The van der Waals surface area contributed by atoms with Crippen molar-refractivity contribution in [2.75, 3.05) is 4.90 Å². The number of hydrogen-bond donors (Lipinski definition) is 0. The third-order valence-electron chi connectivity index (χ3n) is 6.65. The lowest BCUT2D eigenvalue weighted by Gasteiger charge is -2.20. The molecule has 0 spiro atoms. The van der Waals surface area contributed by atoms with Crippen LogP contribution < -0.4 is 4.90 Å². The van der Waals surface area contributed by atoms with Gasteiger partial charge >= 0.3 is 0 Å². The zero-order chi connectivity index (χ0) is 23.2. The van der Waals surface area contributed by atoms with Crippen LogP contribution in [0.5, 0.6) is 0 Å². The lowest BCUT2D eigenvalue weighted by atomic mass is 9.96. The highest BCUT2D eigenvalue weighted by Crippen LogP contribution is 2.43. The zero-order valence-corrected chi connectivity index (χ0v) is 18.8. The van der Waals surface area contributed by atoms with Crippen molar-refractivity contribution >= 4 is 12.1 Å². The van der Waals surface area contributed by atoms with Crippen LogP contribution in [0.2, 0.25) is 0 Å². The number of aromatic nitrogens is 4. The molecule has 2 aromatic heterocycles. The number of carbonyl (C=O) groups is 1. The summed E-state index contributed by atoms with van der Waals surface area (Å²) in [6.45, 7) is 1.49. The molecule has 1 aliphatic heterocycles. The van der Waals surface area contributed by atoms with Crippen molar-refractivity contribution in [1.29, 1.82) is 5.26 Å². The molecule has 0 amide bonds. The molecule has 34 heavy (non-hydrogen) atoms. The summed E-state index contributed by atoms with van der Waals surface area (Å²) in [6.07, 6.45) is 4.87. The Labute approximate surface area is 197 Å². The van der Waals surface area contributed by atoms with Gasteiger partial charge in [0, 0.05) is 42.9 Å². The number of benzene rings is 2. The van der Waals surface area contributed by atoms with Gasteiger partial charge in [0.15, 0.2) is 5.82 Å². The van der Waals surface area contributed by atoms with Crippen molar-refractivity contribution < 1.29 is 4.79 Å². The van der Waals surface area contributed by atoms with E-state index in [9.17, 15) is 10.1 Å². The third-order valence-corrected chi connectivity index (χ3v) is 6.65. The van der Waals surface area contributed by atoms with Gasteiger partial charge in [-0.1, -0.05) is 18.2 Å². The highest BCUT2D eigenvalue weighted by molar-refractivity contribution is 5.83. The van der Waals surface area contributed by atoms with Crippen LogP contribution in [0.1, 0.15) is 51.5 Å². The fourth-order valence-electron chi connectivity index (χ4n) is 4.67. The molecule has 0 atom stereocenters. The lowest BCUT2D eigenvalue weighted by Crippen LogP contribution is -2.16. The fourth-order valence-corrected chi connectivity index (χ4v) is 4.67. The number of aldehydes is 1. The zero-order valence-electron chi connectivity index (χ0n) is 18.8. The van der Waals surface area contributed by atoms with Crippen LogP contribution in [0, 0.1) is 11.3 Å². The summed E-state index contributed by atoms with van der Waals surface area (Å²) < 4.78 is 1.87. The maximum absolute atomic E-state index is 11.2. The number of pyridine rings is 1. The number of nitrogens with zero attached hydrogens (tertiary/aromatic N) is 6. The number of anilines is 1. The second-order valence-electron chi connectivity index (χ2n) is 9.05. The Morgan fingerprint density at radius 3 is 2.62 bits per heavy atom. The number of fused-ring (bicyclic) bond motifs is 1. The van der Waals surface area contributed by atoms with E-state index in [-0.39, 0.29) is 0 Å². The molecule has 166 valence electrons. The maximum Gasteiger partial charge on any atom is 0.164 e. The van der Waals surface area contributed by atoms with Gasteiger partial charge in [-0.2, -0.15) is 5.26 Å². The number of aryl methyl sites for hydroxylation is 1. The van der Waals surface area contributed by atoms with Crippen LogP contribution in [0.4, 0.5) is 5.82 Å². The molecule has 4 aromatic rings. The standard InChI is InChI=1S/C27H22N6O/c1-32-16-29-31-27(32)24-9-17(12-28)3-7-23(24)21-10-25(19-5-6-19)30-26(11-21)33-13-20-4-2-18(15-34)8-22(20)14-33/h2-4,7-11,15-16,19H,5-6,13-14H2,1H3. The average Bonchev–Trinajstić information content (AvgIpc) is 3.50. The Hall–Kier alpha value is -4.31. The van der Waals surface area contributed by atoms with E-state index in [4.69, 9.17) is 4.98 Å². The van der Waals surface area contributed by atoms with Crippen molar-refractivity contribution in [3.63, 3.8) is 0 Å². The van der Waals surface area contributed by atoms with E-state index >= 15 is 0 Å². The molecule has 0 N–H and O–H groups in total. The molecular formula is C27H22N6O. The molecule has 2 aliphatic rings. The molecule has 1 saturated carbocycles. The van der Waals surface area contributed by atoms with E-state index in [1.54, 1.807) is 6.33 Å². The summed E-state index contributed by atoms with van der Waals surface area (Å²) >= 11 is 0. The van der Waals surface area contributed by atoms with Crippen LogP contribution in [-0.4, -0.2) is 26.0 Å². The summed E-state index contributed by atoms with van der Waals surface area (Å²) in [7, 11) is 1.90. The minimum Gasteiger partial charge on any atom is -0.348 e. The number of carbonyl (C=O) groups excluding carboxylic acids is 1. The number of hydrogen-bond acceptors (Lipinski definition) is 6. The number of rotatable bonds is 5. The van der Waals surface area contributed by atoms with E-state index in [1.165, 1.54) is 11.1 Å². The predicted octanol–water partition coefficient (Wildman–Crippen LogP) is 4.63. The SMILES string of the molecule is Cn1cnnc1-c1cc(C#N)ccc1-c1cc(C2CC2)nc(N2Cc3ccc(C=O)cc3C2)c1. The van der Waals surface area contributed by atoms with Gasteiger partial charge in [-0.3, -0.25) is 4.79 Å². The largest absolute Gasteiger partial charge is 0.348 e. The normalized spacial score (nSPS) is 14.6. The molecule has 6 rings (SSSR count). The van der Waals surface area contributed by atoms with Gasteiger partial charge in [0.05, 0.1) is 11.6 Å². The van der Waals surface area contributed by atoms with E-state index in [0.717, 1.165) is 60.4 Å². The predicted molar refractivity (Wildman–Crippen MR) is 128 cm³/mol. The Morgan fingerprint density at radius 1 is 1.03 bits per heavy atom. The molecule has 7 nitrogen and oxygen atoms in total. The quantitative estimate of drug-likeness (QED) is 0.416. The Kier molecular flexibility index (Phi) is 4.73. The monoisotopic (exact) mass is 446 g/mol. The van der Waals surface area contributed by atoms with Crippen molar-refractivity contribution in [3.8, 4) is 28.6 Å². The van der Waals surface area contributed by atoms with Crippen molar-refractivity contribution in [2.24, 2.45) is 7.05 Å². The van der Waals surface area contributed by atoms with Crippen molar-refractivity contribution in [3.05, 3.63) is 82.8 Å². The highest BCUT2D eigenvalue weighted by atomic mass is 16.1. The molecule has 1 fully saturated rings. The van der Waals surface area contributed by atoms with E-state index in [1.807, 2.05) is 48.0 Å². The molecule has 0 bridgehead atoms. The summed E-state index contributed by atoms with van der Waals surface area (Å²) in [4.78, 5) is 18.5. The maximum atomic E-state index is 11.2. The summed E-state index contributed by atoms with van der Waals surface area (Å²) in [5, 5.41) is 17.9. The van der Waals surface area contributed by atoms with Crippen LogP contribution in [0.25, 0.3) is 22.5 Å². The summed E-state index contributed by atoms with van der Waals surface area (Å²) in [5.41, 5.74) is 7.71. The van der Waals surface area contributed by atoms with Crippen molar-refractivity contribution in [2.45, 2.75) is 31.8 Å². The van der Waals surface area contributed by atoms with E-state index in [2.05, 4.69) is 33.3 Å². The summed E-state index contributed by atoms with van der Waals surface area (Å²) in [6, 6.07) is 18.1. The van der Waals surface area contributed by atoms with Gasteiger partial charge in [0.1, 0.15) is 18.4 Å². The first-order valence-corrected chi connectivity index (χ1v) is 11.4. The van der Waals surface area contributed by atoms with Crippen LogP contribution in [-0.2, 0) is 20.1 Å². The van der Waals surface area contributed by atoms with Crippen LogP contribution >= 0.6 is 0 Å². The topological polar surface area (TPSA) is 87.7 Å². The van der Waals surface area contributed by atoms with Gasteiger partial charge in [0.2, 0.25) is 0 Å². The third kappa shape index (κ3) is 3.54. The first kappa shape index (κ1) is 20.3. The molecule has 0 unspecified atom stereocenters. The minimum absolute atomic E-state index is 0.488. The Bertz CT molecular complexity index is 1480. The fraction of sp³-hybridized carbons (Fsp3) is 0.222. The van der Waals surface area contributed by atoms with E-state index < -0.39 is 0 Å². The number of nitriles is 1. The molecule has 0 saturated heterocycles. The minimum atomic E-state index is 0.488. The van der Waals surface area contributed by atoms with Crippen LogP contribution in [0.15, 0.2) is 54.9 Å². The smallest absolute Gasteiger partial charge is 0.164 e. The molecular weight excluding hydrogens is 424 g/mol. The van der Waals surface area contributed by atoms with Crippen LogP contribution in [0.3, 0.4) is 0 Å². The Morgan fingerprint density at radius 2 is 1.88 bits per heavy atom. The summed E-state index contributed by atoms with van der Waals surface area (Å²) in [5.74, 6) is 2.13. The Balaban J connectivity index is 1.46. The average molecular weight is 447 g/mol. The van der Waals surface area contributed by atoms with Gasteiger partial charge in [-0.15, -0.1) is 10.2 Å². The van der Waals surface area contributed by atoms with Gasteiger partial charge in [-0.05, 0) is 65.4 Å². The second-order valence-corrected chi connectivity index (χ2v) is 9.05. The molecule has 1 aliphatic carbocycles. The van der Waals surface area contributed by atoms with Gasteiger partial charge < -0.3 is 9.47 Å². The molecule has 2 aromatic carbocycles. The lowest BCUT2D eigenvalue weighted by molar-refractivity contribution is 0.112. The van der Waals surface area contributed by atoms with Gasteiger partial charge in [0.25, 0.3) is 0 Å².